The maximum atomic E-state index is 13.3. The topological polar surface area (TPSA) is 128 Å². The summed E-state index contributed by atoms with van der Waals surface area (Å²) < 4.78 is 32.7. The number of furan rings is 1. The second-order valence-electron chi connectivity index (χ2n) is 6.77. The Labute approximate surface area is 172 Å². The number of non-ortho nitro benzene ring substituents is 1. The molecule has 0 aliphatic heterocycles. The second-order valence-corrected chi connectivity index (χ2v) is 8.52. The molecule has 156 valence electrons. The molecule has 0 saturated heterocycles. The zero-order valence-corrected chi connectivity index (χ0v) is 17.4. The van der Waals surface area contributed by atoms with Crippen LogP contribution in [0.3, 0.4) is 0 Å². The molecule has 0 unspecified atom stereocenters. The highest BCUT2D eigenvalue weighted by atomic mass is 32.2. The number of nitro groups is 1. The number of carbonyl (C=O) groups excluding carboxylic acids is 2. The molecule has 9 nitrogen and oxygen atoms in total. The summed E-state index contributed by atoms with van der Waals surface area (Å²) in [6, 6.07) is 7.64. The summed E-state index contributed by atoms with van der Waals surface area (Å²) in [4.78, 5) is 34.4. The van der Waals surface area contributed by atoms with E-state index in [0.717, 1.165) is 13.0 Å². The molecule has 3 aromatic rings. The first-order valence-electron chi connectivity index (χ1n) is 8.80. The Hall–Kier alpha value is -3.53. The van der Waals surface area contributed by atoms with Gasteiger partial charge < -0.3 is 4.42 Å². The van der Waals surface area contributed by atoms with Crippen LogP contribution < -0.4 is 4.31 Å². The lowest BCUT2D eigenvalue weighted by atomic mass is 10.1. The van der Waals surface area contributed by atoms with E-state index < -0.39 is 26.5 Å². The number of hydrogen-bond donors (Lipinski definition) is 0. The normalized spacial score (nSPS) is 11.5. The van der Waals surface area contributed by atoms with Crippen molar-refractivity contribution in [2.24, 2.45) is 0 Å². The Morgan fingerprint density at radius 2 is 1.73 bits per heavy atom. The molecule has 0 saturated carbocycles. The lowest BCUT2D eigenvalue weighted by Gasteiger charge is -2.22. The molecule has 0 fully saturated rings. The van der Waals surface area contributed by atoms with Crippen molar-refractivity contribution in [1.82, 2.24) is 0 Å². The largest absolute Gasteiger partial charge is 0.461 e. The predicted molar refractivity (Wildman–Crippen MR) is 109 cm³/mol. The SMILES string of the molecule is CC(=O)c1c(C)oc2ccc(N(C(C)=O)S(=O)(=O)c3cc([N+](=O)[O-])ccc3C)cc12. The Morgan fingerprint density at radius 3 is 2.30 bits per heavy atom. The van der Waals surface area contributed by atoms with Gasteiger partial charge in [0.05, 0.1) is 21.1 Å². The van der Waals surface area contributed by atoms with Crippen LogP contribution in [0.2, 0.25) is 0 Å². The first-order chi connectivity index (χ1) is 13.9. The summed E-state index contributed by atoms with van der Waals surface area (Å²) in [7, 11) is -4.47. The Bertz CT molecular complexity index is 1320. The van der Waals surface area contributed by atoms with Crippen LogP contribution in [0.5, 0.6) is 0 Å². The Balaban J connectivity index is 2.25. The maximum absolute atomic E-state index is 13.3. The number of nitrogens with zero attached hydrogens (tertiary/aromatic N) is 2. The van der Waals surface area contributed by atoms with Crippen molar-refractivity contribution in [2.75, 3.05) is 4.31 Å². The highest BCUT2D eigenvalue weighted by Crippen LogP contribution is 2.33. The number of rotatable bonds is 5. The fourth-order valence-electron chi connectivity index (χ4n) is 3.34. The van der Waals surface area contributed by atoms with Gasteiger partial charge >= 0.3 is 0 Å². The Morgan fingerprint density at radius 1 is 1.07 bits per heavy atom. The summed E-state index contributed by atoms with van der Waals surface area (Å²) in [5.41, 5.74) is 0.483. The minimum Gasteiger partial charge on any atom is -0.461 e. The van der Waals surface area contributed by atoms with Gasteiger partial charge in [-0.05, 0) is 44.5 Å². The van der Waals surface area contributed by atoms with Crippen LogP contribution in [0, 0.1) is 24.0 Å². The lowest BCUT2D eigenvalue weighted by Crippen LogP contribution is -2.35. The van der Waals surface area contributed by atoms with E-state index in [1.54, 1.807) is 6.92 Å². The monoisotopic (exact) mass is 430 g/mol. The molecule has 0 aliphatic rings. The third-order valence-corrected chi connectivity index (χ3v) is 6.57. The molecule has 0 spiro atoms. The van der Waals surface area contributed by atoms with E-state index in [4.69, 9.17) is 4.42 Å². The molecule has 0 N–H and O–H groups in total. The van der Waals surface area contributed by atoms with Gasteiger partial charge in [0.15, 0.2) is 5.78 Å². The van der Waals surface area contributed by atoms with Gasteiger partial charge in [-0.2, -0.15) is 0 Å². The summed E-state index contributed by atoms with van der Waals surface area (Å²) >= 11 is 0. The molecular formula is C20H18N2O7S. The van der Waals surface area contributed by atoms with Crippen LogP contribution in [0.4, 0.5) is 11.4 Å². The van der Waals surface area contributed by atoms with Crippen LogP contribution in [0.25, 0.3) is 11.0 Å². The predicted octanol–water partition coefficient (Wildman–Crippen LogP) is 3.90. The van der Waals surface area contributed by atoms with E-state index in [0.29, 0.717) is 26.6 Å². The molecule has 0 atom stereocenters. The van der Waals surface area contributed by atoms with E-state index in [9.17, 15) is 28.1 Å². The summed E-state index contributed by atoms with van der Waals surface area (Å²) in [5.74, 6) is -0.707. The molecule has 0 radical (unpaired) electrons. The van der Waals surface area contributed by atoms with Crippen LogP contribution in [0.15, 0.2) is 45.7 Å². The number of fused-ring (bicyclic) bond motifs is 1. The van der Waals surface area contributed by atoms with E-state index in [1.807, 2.05) is 0 Å². The number of ketones is 1. The van der Waals surface area contributed by atoms with Crippen molar-refractivity contribution in [3.8, 4) is 0 Å². The number of anilines is 1. The third-order valence-electron chi connectivity index (χ3n) is 4.62. The molecule has 10 heteroatoms. The number of carbonyl (C=O) groups is 2. The average molecular weight is 430 g/mol. The van der Waals surface area contributed by atoms with Gasteiger partial charge in [-0.25, -0.2) is 12.7 Å². The van der Waals surface area contributed by atoms with E-state index in [1.165, 1.54) is 44.2 Å². The summed E-state index contributed by atoms with van der Waals surface area (Å²) in [6.07, 6.45) is 0. The zero-order chi connectivity index (χ0) is 22.4. The number of sulfonamides is 1. The number of nitro benzene ring substituents is 1. The van der Waals surface area contributed by atoms with Gasteiger partial charge in [-0.3, -0.25) is 19.7 Å². The highest BCUT2D eigenvalue weighted by Gasteiger charge is 2.32. The zero-order valence-electron chi connectivity index (χ0n) is 16.6. The molecule has 1 amide bonds. The van der Waals surface area contributed by atoms with Crippen molar-refractivity contribution in [2.45, 2.75) is 32.6 Å². The summed E-state index contributed by atoms with van der Waals surface area (Å²) in [6.45, 7) is 5.52. The molecule has 30 heavy (non-hydrogen) atoms. The molecular weight excluding hydrogens is 412 g/mol. The van der Waals surface area contributed by atoms with E-state index in [-0.39, 0.29) is 21.9 Å². The smallest absolute Gasteiger partial charge is 0.271 e. The average Bonchev–Trinajstić information content (AvgIpc) is 2.96. The van der Waals surface area contributed by atoms with Gasteiger partial charge in [-0.15, -0.1) is 0 Å². The van der Waals surface area contributed by atoms with Crippen LogP contribution in [-0.2, 0) is 14.8 Å². The van der Waals surface area contributed by atoms with Gasteiger partial charge in [0.2, 0.25) is 5.91 Å². The minimum atomic E-state index is -4.47. The van der Waals surface area contributed by atoms with Crippen molar-refractivity contribution >= 4 is 44.1 Å². The molecule has 3 rings (SSSR count). The number of hydrogen-bond acceptors (Lipinski definition) is 7. The number of aryl methyl sites for hydroxylation is 2. The quantitative estimate of drug-likeness (QED) is 0.341. The third kappa shape index (κ3) is 3.45. The standard InChI is InChI=1S/C20H18N2O7S/c1-11-5-6-16(22(25)26)10-19(11)30(27,28)21(14(4)24)15-7-8-18-17(9-15)20(12(2)23)13(3)29-18/h5-10H,1-4H3. The van der Waals surface area contributed by atoms with Crippen molar-refractivity contribution in [3.05, 3.63) is 63.4 Å². The number of amides is 1. The minimum absolute atomic E-state index is 0.00999. The first kappa shape index (κ1) is 21.2. The fraction of sp³-hybridized carbons (Fsp3) is 0.200. The van der Waals surface area contributed by atoms with Gasteiger partial charge in [-0.1, -0.05) is 6.07 Å². The lowest BCUT2D eigenvalue weighted by molar-refractivity contribution is -0.385. The van der Waals surface area contributed by atoms with Crippen molar-refractivity contribution in [3.63, 3.8) is 0 Å². The van der Waals surface area contributed by atoms with Crippen LogP contribution in [-0.4, -0.2) is 25.0 Å². The van der Waals surface area contributed by atoms with Gasteiger partial charge in [0.25, 0.3) is 15.7 Å². The molecule has 0 bridgehead atoms. The molecule has 2 aromatic carbocycles. The molecule has 1 aromatic heterocycles. The van der Waals surface area contributed by atoms with Gasteiger partial charge in [0.1, 0.15) is 11.3 Å². The van der Waals surface area contributed by atoms with Gasteiger partial charge in [0, 0.05) is 24.4 Å². The Kier molecular flexibility index (Phi) is 5.21. The van der Waals surface area contributed by atoms with E-state index >= 15 is 0 Å². The molecule has 0 aliphatic carbocycles. The fourth-order valence-corrected chi connectivity index (χ4v) is 5.01. The maximum Gasteiger partial charge on any atom is 0.271 e. The number of Topliss-reactive ketones (excluding diaryl/α,β-unsaturated/α-hetero) is 1. The highest BCUT2D eigenvalue weighted by molar-refractivity contribution is 7.93. The second kappa shape index (κ2) is 7.38. The van der Waals surface area contributed by atoms with Crippen LogP contribution in [0.1, 0.15) is 35.5 Å². The van der Waals surface area contributed by atoms with E-state index in [2.05, 4.69) is 0 Å². The first-order valence-corrected chi connectivity index (χ1v) is 10.2. The molecule has 1 heterocycles. The van der Waals surface area contributed by atoms with Crippen molar-refractivity contribution < 1.29 is 27.3 Å². The van der Waals surface area contributed by atoms with Crippen molar-refractivity contribution in [1.29, 1.82) is 0 Å². The summed E-state index contributed by atoms with van der Waals surface area (Å²) in [5, 5.41) is 11.5. The number of benzene rings is 2. The van der Waals surface area contributed by atoms with Crippen LogP contribution >= 0.6 is 0 Å².